The largest absolute Gasteiger partial charge is 0.356 e. The Labute approximate surface area is 154 Å². The van der Waals surface area contributed by atoms with Crippen molar-refractivity contribution in [2.24, 2.45) is 0 Å². The lowest BCUT2D eigenvalue weighted by atomic mass is 10.1. The van der Waals surface area contributed by atoms with Crippen LogP contribution in [0.1, 0.15) is 77.6 Å². The van der Waals surface area contributed by atoms with Crippen molar-refractivity contribution in [3.63, 3.8) is 0 Å². The minimum absolute atomic E-state index is 0.0723. The molecule has 0 aromatic carbocycles. The maximum Gasteiger partial charge on any atom is 0.316 e. The van der Waals surface area contributed by atoms with Gasteiger partial charge in [-0.2, -0.15) is 8.42 Å². The number of carbonyl (C=O) groups is 1. The van der Waals surface area contributed by atoms with E-state index in [9.17, 15) is 13.2 Å². The van der Waals surface area contributed by atoms with Crippen LogP contribution in [0.15, 0.2) is 0 Å². The van der Waals surface area contributed by atoms with Gasteiger partial charge in [-0.05, 0) is 6.42 Å². The third-order valence-electron chi connectivity index (χ3n) is 4.28. The minimum atomic E-state index is -3.98. The van der Waals surface area contributed by atoms with Crippen LogP contribution >= 0.6 is 0 Å². The predicted molar refractivity (Wildman–Crippen MR) is 103 cm³/mol. The van der Waals surface area contributed by atoms with Crippen LogP contribution in [0.4, 0.5) is 0 Å². The second-order valence-electron chi connectivity index (χ2n) is 7.65. The van der Waals surface area contributed by atoms with Crippen LogP contribution in [0.3, 0.4) is 0 Å². The Balaban J connectivity index is 3.53. The topological polar surface area (TPSA) is 83.5 Å². The number of rotatable bonds is 16. The van der Waals surface area contributed by atoms with E-state index in [-0.39, 0.29) is 16.3 Å². The summed E-state index contributed by atoms with van der Waals surface area (Å²) in [6.07, 6.45) is 12.4. The molecule has 0 saturated heterocycles. The van der Waals surface area contributed by atoms with Crippen molar-refractivity contribution < 1.29 is 22.2 Å². The number of nitrogens with one attached hydrogen (secondary N) is 1. The Kier molecular flexibility index (Phi) is 13.2. The normalized spacial score (nSPS) is 12.3. The van der Waals surface area contributed by atoms with Crippen molar-refractivity contribution in [1.82, 2.24) is 5.32 Å². The summed E-state index contributed by atoms with van der Waals surface area (Å²) in [4.78, 5) is 11.8. The second-order valence-corrected chi connectivity index (χ2v) is 9.07. The average Bonchev–Trinajstić information content (AvgIpc) is 2.47. The summed E-state index contributed by atoms with van der Waals surface area (Å²) in [5, 5.41) is 2.88. The molecule has 0 aliphatic carbocycles. The van der Waals surface area contributed by atoms with Gasteiger partial charge >= 0.3 is 10.1 Å². The molecule has 0 aromatic heterocycles. The van der Waals surface area contributed by atoms with Gasteiger partial charge in [0.15, 0.2) is 0 Å². The first-order chi connectivity index (χ1) is 11.7. The molecule has 0 heterocycles. The summed E-state index contributed by atoms with van der Waals surface area (Å²) in [5.41, 5.74) is 0. The van der Waals surface area contributed by atoms with Gasteiger partial charge in [-0.25, -0.2) is 0 Å². The number of unbranched alkanes of at least 4 members (excludes halogenated alkanes) is 8. The third-order valence-corrected chi connectivity index (χ3v) is 5.31. The molecule has 0 bridgehead atoms. The van der Waals surface area contributed by atoms with Gasteiger partial charge in [-0.1, -0.05) is 58.3 Å². The first kappa shape index (κ1) is 24.3. The molecule has 25 heavy (non-hydrogen) atoms. The summed E-state index contributed by atoms with van der Waals surface area (Å²) < 4.78 is 30.9. The van der Waals surface area contributed by atoms with Gasteiger partial charge in [0, 0.05) is 19.4 Å². The SMILES string of the molecule is CCCCCCCCCCCC(=O)NCCC[N+](C)(C)CS(=O)(=O)O. The second kappa shape index (κ2) is 13.5. The Hall–Kier alpha value is -0.660. The molecule has 0 radical (unpaired) electrons. The minimum Gasteiger partial charge on any atom is -0.356 e. The van der Waals surface area contributed by atoms with E-state index < -0.39 is 10.1 Å². The average molecular weight is 380 g/mol. The van der Waals surface area contributed by atoms with Crippen molar-refractivity contribution in [3.8, 4) is 0 Å². The number of hydrogen-bond donors (Lipinski definition) is 2. The van der Waals surface area contributed by atoms with Gasteiger partial charge in [0.05, 0.1) is 20.6 Å². The van der Waals surface area contributed by atoms with E-state index in [0.29, 0.717) is 25.9 Å². The Morgan fingerprint density at radius 1 is 0.920 bits per heavy atom. The first-order valence-corrected chi connectivity index (χ1v) is 11.3. The van der Waals surface area contributed by atoms with Crippen molar-refractivity contribution in [3.05, 3.63) is 0 Å². The van der Waals surface area contributed by atoms with Crippen LogP contribution in [0.2, 0.25) is 0 Å². The van der Waals surface area contributed by atoms with Gasteiger partial charge < -0.3 is 9.80 Å². The summed E-state index contributed by atoms with van der Waals surface area (Å²) in [6.45, 7) is 3.35. The number of carbonyl (C=O) groups excluding carboxylic acids is 1. The molecule has 0 atom stereocenters. The Morgan fingerprint density at radius 3 is 1.96 bits per heavy atom. The molecule has 0 spiro atoms. The van der Waals surface area contributed by atoms with Gasteiger partial charge in [-0.15, -0.1) is 0 Å². The molecule has 0 rings (SSSR count). The first-order valence-electron chi connectivity index (χ1n) is 9.70. The molecule has 0 saturated carbocycles. The fourth-order valence-corrected chi connectivity index (χ4v) is 3.94. The predicted octanol–water partition coefficient (Wildman–Crippen LogP) is 3.34. The molecule has 2 N–H and O–H groups in total. The zero-order valence-corrected chi connectivity index (χ0v) is 17.2. The Morgan fingerprint density at radius 2 is 1.44 bits per heavy atom. The number of quaternary nitrogens is 1. The standard InChI is InChI=1S/C18H38N2O4S/c1-4-5-6-7-8-9-10-11-12-14-18(21)19-15-13-16-20(2,3)17-25(22,23)24/h4-17H2,1-3H3,(H-,19,21,22,23,24)/p+1. The molecule has 150 valence electrons. The maximum absolute atomic E-state index is 11.8. The van der Waals surface area contributed by atoms with E-state index in [2.05, 4.69) is 12.2 Å². The van der Waals surface area contributed by atoms with Crippen LogP contribution in [-0.2, 0) is 14.9 Å². The van der Waals surface area contributed by atoms with Gasteiger partial charge in [0.1, 0.15) is 0 Å². The van der Waals surface area contributed by atoms with Crippen LogP contribution in [0.5, 0.6) is 0 Å². The molecule has 6 nitrogen and oxygen atoms in total. The lowest BCUT2D eigenvalue weighted by molar-refractivity contribution is -0.878. The van der Waals surface area contributed by atoms with Gasteiger partial charge in [-0.3, -0.25) is 9.35 Å². The Bertz CT molecular complexity index is 450. The van der Waals surface area contributed by atoms with Crippen LogP contribution < -0.4 is 5.32 Å². The van der Waals surface area contributed by atoms with Crippen molar-refractivity contribution in [2.75, 3.05) is 33.1 Å². The van der Waals surface area contributed by atoms with Crippen molar-refractivity contribution in [2.45, 2.75) is 77.6 Å². The van der Waals surface area contributed by atoms with E-state index >= 15 is 0 Å². The van der Waals surface area contributed by atoms with Crippen LogP contribution in [-0.4, -0.2) is 56.4 Å². The number of nitrogens with zero attached hydrogens (tertiary/aromatic N) is 1. The molecule has 0 unspecified atom stereocenters. The molecule has 1 amide bonds. The molecule has 0 aliphatic rings. The van der Waals surface area contributed by atoms with Crippen molar-refractivity contribution in [1.29, 1.82) is 0 Å². The molecule has 0 aliphatic heterocycles. The van der Waals surface area contributed by atoms with E-state index in [1.165, 1.54) is 44.9 Å². The van der Waals surface area contributed by atoms with E-state index in [1.54, 1.807) is 14.1 Å². The zero-order valence-electron chi connectivity index (χ0n) is 16.4. The lowest BCUT2D eigenvalue weighted by Gasteiger charge is -2.27. The molecular formula is C18H39N2O4S+. The molecule has 0 fully saturated rings. The van der Waals surface area contributed by atoms with E-state index in [4.69, 9.17) is 4.55 Å². The lowest BCUT2D eigenvalue weighted by Crippen LogP contribution is -2.45. The number of hydrogen-bond acceptors (Lipinski definition) is 3. The van der Waals surface area contributed by atoms with E-state index in [1.807, 2.05) is 0 Å². The quantitative estimate of drug-likeness (QED) is 0.245. The van der Waals surface area contributed by atoms with Crippen molar-refractivity contribution >= 4 is 16.0 Å². The summed E-state index contributed by atoms with van der Waals surface area (Å²) in [6, 6.07) is 0. The van der Waals surface area contributed by atoms with Crippen LogP contribution in [0.25, 0.3) is 0 Å². The highest BCUT2D eigenvalue weighted by Crippen LogP contribution is 2.10. The number of amides is 1. The fourth-order valence-electron chi connectivity index (χ4n) is 2.93. The maximum atomic E-state index is 11.8. The zero-order chi connectivity index (χ0) is 19.2. The monoisotopic (exact) mass is 379 g/mol. The molecule has 7 heteroatoms. The third kappa shape index (κ3) is 17.9. The van der Waals surface area contributed by atoms with Gasteiger partial charge in [0.2, 0.25) is 11.8 Å². The highest BCUT2D eigenvalue weighted by atomic mass is 32.2. The molecule has 0 aromatic rings. The van der Waals surface area contributed by atoms with E-state index in [0.717, 1.165) is 12.8 Å². The highest BCUT2D eigenvalue weighted by molar-refractivity contribution is 7.85. The fraction of sp³-hybridized carbons (Fsp3) is 0.944. The summed E-state index contributed by atoms with van der Waals surface area (Å²) in [7, 11) is -0.481. The summed E-state index contributed by atoms with van der Waals surface area (Å²) >= 11 is 0. The smallest absolute Gasteiger partial charge is 0.316 e. The van der Waals surface area contributed by atoms with Gasteiger partial charge in [0.25, 0.3) is 0 Å². The highest BCUT2D eigenvalue weighted by Gasteiger charge is 2.22. The molecular weight excluding hydrogens is 340 g/mol. The van der Waals surface area contributed by atoms with Crippen LogP contribution in [0, 0.1) is 0 Å². The summed E-state index contributed by atoms with van der Waals surface area (Å²) in [5.74, 6) is -0.234.